The third-order valence-corrected chi connectivity index (χ3v) is 3.97. The zero-order chi connectivity index (χ0) is 14.7. The van der Waals surface area contributed by atoms with Gasteiger partial charge in [-0.3, -0.25) is 20.6 Å². The van der Waals surface area contributed by atoms with Gasteiger partial charge in [-0.25, -0.2) is 0 Å². The number of hydrogen-bond acceptors (Lipinski definition) is 4. The number of aryl methyl sites for hydroxylation is 1. The Balaban J connectivity index is 2.14. The van der Waals surface area contributed by atoms with Crippen molar-refractivity contribution in [3.63, 3.8) is 0 Å². The van der Waals surface area contributed by atoms with E-state index in [0.717, 1.165) is 29.8 Å². The van der Waals surface area contributed by atoms with E-state index in [1.807, 2.05) is 35.7 Å². The zero-order valence-electron chi connectivity index (χ0n) is 12.7. The summed E-state index contributed by atoms with van der Waals surface area (Å²) in [5.74, 6) is 5.70. The van der Waals surface area contributed by atoms with Gasteiger partial charge in [-0.05, 0) is 26.3 Å². The first-order valence-electron chi connectivity index (χ1n) is 7.05. The van der Waals surface area contributed by atoms with Crippen LogP contribution in [0.15, 0.2) is 18.5 Å². The van der Waals surface area contributed by atoms with Crippen LogP contribution in [-0.2, 0) is 13.5 Å². The maximum Gasteiger partial charge on any atom is 0.0644 e. The smallest absolute Gasteiger partial charge is 0.0644 e. The van der Waals surface area contributed by atoms with Gasteiger partial charge in [-0.2, -0.15) is 10.2 Å². The maximum atomic E-state index is 5.70. The lowest BCUT2D eigenvalue weighted by molar-refractivity contribution is 0.466. The Labute approximate surface area is 119 Å². The highest BCUT2D eigenvalue weighted by Gasteiger charge is 2.17. The van der Waals surface area contributed by atoms with Crippen LogP contribution in [0.1, 0.15) is 49.3 Å². The summed E-state index contributed by atoms with van der Waals surface area (Å²) in [5, 5.41) is 8.89. The van der Waals surface area contributed by atoms with Gasteiger partial charge in [0, 0.05) is 37.0 Å². The Bertz CT molecular complexity index is 556. The Hall–Kier alpha value is -1.66. The fourth-order valence-corrected chi connectivity index (χ4v) is 2.24. The molecule has 0 fully saturated rings. The van der Waals surface area contributed by atoms with Crippen LogP contribution in [-0.4, -0.2) is 19.6 Å². The van der Waals surface area contributed by atoms with E-state index >= 15 is 0 Å². The lowest BCUT2D eigenvalue weighted by Gasteiger charge is -2.14. The van der Waals surface area contributed by atoms with E-state index in [2.05, 4.69) is 35.5 Å². The normalized spacial score (nSPS) is 14.4. The molecule has 0 radical (unpaired) electrons. The maximum absolute atomic E-state index is 5.70. The van der Waals surface area contributed by atoms with Crippen molar-refractivity contribution in [1.82, 2.24) is 25.0 Å². The third-order valence-electron chi connectivity index (χ3n) is 3.97. The van der Waals surface area contributed by atoms with Crippen LogP contribution in [0.4, 0.5) is 0 Å². The minimum absolute atomic E-state index is 0.0315. The molecule has 0 aliphatic rings. The minimum atomic E-state index is 0.0315. The largest absolute Gasteiger partial charge is 0.273 e. The van der Waals surface area contributed by atoms with Crippen molar-refractivity contribution in [3.8, 4) is 0 Å². The van der Waals surface area contributed by atoms with Gasteiger partial charge in [0.05, 0.1) is 17.9 Å². The molecule has 0 spiro atoms. The van der Waals surface area contributed by atoms with Crippen molar-refractivity contribution in [3.05, 3.63) is 35.4 Å². The first-order valence-corrected chi connectivity index (χ1v) is 7.05. The molecule has 0 aliphatic carbocycles. The minimum Gasteiger partial charge on any atom is -0.273 e. The molecule has 2 heterocycles. The predicted octanol–water partition coefficient (Wildman–Crippen LogP) is 1.64. The van der Waals surface area contributed by atoms with Gasteiger partial charge >= 0.3 is 0 Å². The zero-order valence-corrected chi connectivity index (χ0v) is 12.7. The number of nitrogens with zero attached hydrogens (tertiary/aromatic N) is 4. The van der Waals surface area contributed by atoms with Gasteiger partial charge in [-0.15, -0.1) is 0 Å². The first-order chi connectivity index (χ1) is 9.56. The van der Waals surface area contributed by atoms with Gasteiger partial charge in [0.1, 0.15) is 0 Å². The molecule has 6 heteroatoms. The second-order valence-corrected chi connectivity index (χ2v) is 5.28. The van der Waals surface area contributed by atoms with Crippen molar-refractivity contribution >= 4 is 0 Å². The third kappa shape index (κ3) is 2.91. The van der Waals surface area contributed by atoms with E-state index in [-0.39, 0.29) is 6.04 Å². The Morgan fingerprint density at radius 2 is 2.20 bits per heavy atom. The number of rotatable bonds is 6. The van der Waals surface area contributed by atoms with Gasteiger partial charge < -0.3 is 0 Å². The van der Waals surface area contributed by atoms with Crippen LogP contribution >= 0.6 is 0 Å². The van der Waals surface area contributed by atoms with E-state index < -0.39 is 0 Å². The van der Waals surface area contributed by atoms with E-state index in [4.69, 9.17) is 5.84 Å². The molecule has 2 unspecified atom stereocenters. The number of hydrogen-bond donors (Lipinski definition) is 2. The summed E-state index contributed by atoms with van der Waals surface area (Å²) in [6, 6.07) is 2.51. The summed E-state index contributed by atoms with van der Waals surface area (Å²) < 4.78 is 3.87. The summed E-state index contributed by atoms with van der Waals surface area (Å²) in [5.41, 5.74) is 6.15. The van der Waals surface area contributed by atoms with Crippen LogP contribution < -0.4 is 11.3 Å². The fourth-order valence-electron chi connectivity index (χ4n) is 2.24. The lowest BCUT2D eigenvalue weighted by Crippen LogP contribution is -2.30. The molecule has 0 saturated carbocycles. The summed E-state index contributed by atoms with van der Waals surface area (Å²) in [6.07, 6.45) is 5.73. The summed E-state index contributed by atoms with van der Waals surface area (Å²) >= 11 is 0. The second kappa shape index (κ2) is 6.19. The molecule has 0 saturated heterocycles. The Kier molecular flexibility index (Phi) is 4.57. The predicted molar refractivity (Wildman–Crippen MR) is 78.9 cm³/mol. The molecule has 2 rings (SSSR count). The van der Waals surface area contributed by atoms with Crippen molar-refractivity contribution in [2.24, 2.45) is 12.9 Å². The molecule has 0 aromatic carbocycles. The highest BCUT2D eigenvalue weighted by atomic mass is 15.3. The van der Waals surface area contributed by atoms with Crippen LogP contribution in [0.5, 0.6) is 0 Å². The van der Waals surface area contributed by atoms with Crippen molar-refractivity contribution in [1.29, 1.82) is 0 Å². The number of aromatic nitrogens is 4. The van der Waals surface area contributed by atoms with Crippen LogP contribution in [0, 0.1) is 6.92 Å². The number of nitrogens with two attached hydrogens (primary N) is 1. The average molecular weight is 276 g/mol. The van der Waals surface area contributed by atoms with E-state index in [9.17, 15) is 0 Å². The fraction of sp³-hybridized carbons (Fsp3) is 0.571. The highest BCUT2D eigenvalue weighted by Crippen LogP contribution is 2.20. The van der Waals surface area contributed by atoms with Crippen molar-refractivity contribution < 1.29 is 0 Å². The quantitative estimate of drug-likeness (QED) is 0.621. The van der Waals surface area contributed by atoms with E-state index in [1.165, 1.54) is 0 Å². The highest BCUT2D eigenvalue weighted by molar-refractivity contribution is 5.22. The van der Waals surface area contributed by atoms with Gasteiger partial charge in [-0.1, -0.05) is 6.92 Å². The molecule has 20 heavy (non-hydrogen) atoms. The molecule has 0 amide bonds. The van der Waals surface area contributed by atoms with Crippen molar-refractivity contribution in [2.45, 2.75) is 45.7 Å². The standard InChI is InChI=1S/C14H24N6/c1-5-10(2)20-7-6-12(18-20)8-14(17-15)13-9-16-19(4)11(13)3/h6-7,9-10,14,17H,5,8,15H2,1-4H3. The second-order valence-electron chi connectivity index (χ2n) is 5.28. The van der Waals surface area contributed by atoms with Crippen LogP contribution in [0.3, 0.4) is 0 Å². The SMILES string of the molecule is CCC(C)n1ccc(CC(NN)c2cnn(C)c2C)n1. The molecule has 2 atom stereocenters. The summed E-state index contributed by atoms with van der Waals surface area (Å²) in [7, 11) is 1.93. The molecule has 110 valence electrons. The Morgan fingerprint density at radius 1 is 1.45 bits per heavy atom. The van der Waals surface area contributed by atoms with Gasteiger partial charge in [0.2, 0.25) is 0 Å². The van der Waals surface area contributed by atoms with E-state index in [0.29, 0.717) is 6.04 Å². The number of nitrogens with one attached hydrogen (secondary N) is 1. The number of hydrazine groups is 1. The molecular formula is C14H24N6. The molecule has 6 nitrogen and oxygen atoms in total. The van der Waals surface area contributed by atoms with Crippen LogP contribution in [0.2, 0.25) is 0 Å². The van der Waals surface area contributed by atoms with Crippen molar-refractivity contribution in [2.75, 3.05) is 0 Å². The van der Waals surface area contributed by atoms with E-state index in [1.54, 1.807) is 0 Å². The summed E-state index contributed by atoms with van der Waals surface area (Å²) in [4.78, 5) is 0. The van der Waals surface area contributed by atoms with Gasteiger partial charge in [0.25, 0.3) is 0 Å². The first kappa shape index (κ1) is 14.7. The average Bonchev–Trinajstić information content (AvgIpc) is 3.04. The molecule has 3 N–H and O–H groups in total. The molecule has 0 aliphatic heterocycles. The molecule has 2 aromatic heterocycles. The monoisotopic (exact) mass is 276 g/mol. The lowest BCUT2D eigenvalue weighted by atomic mass is 10.0. The Morgan fingerprint density at radius 3 is 2.75 bits per heavy atom. The molecule has 0 bridgehead atoms. The van der Waals surface area contributed by atoms with Crippen LogP contribution in [0.25, 0.3) is 0 Å². The summed E-state index contributed by atoms with van der Waals surface area (Å²) in [6.45, 7) is 6.38. The van der Waals surface area contributed by atoms with Gasteiger partial charge in [0.15, 0.2) is 0 Å². The molecule has 2 aromatic rings. The topological polar surface area (TPSA) is 73.7 Å². The molecular weight excluding hydrogens is 252 g/mol.